The zero-order valence-electron chi connectivity index (χ0n) is 12.4. The lowest BCUT2D eigenvalue weighted by Gasteiger charge is -2.02. The van der Waals surface area contributed by atoms with E-state index in [0.717, 1.165) is 21.1 Å². The van der Waals surface area contributed by atoms with Crippen LogP contribution < -0.4 is 5.32 Å². The van der Waals surface area contributed by atoms with Crippen molar-refractivity contribution in [2.45, 2.75) is 13.3 Å². The number of aryl methyl sites for hydroxylation is 1. The fourth-order valence-electron chi connectivity index (χ4n) is 2.11. The van der Waals surface area contributed by atoms with E-state index in [1.165, 1.54) is 11.3 Å². The highest BCUT2D eigenvalue weighted by Crippen LogP contribution is 2.22. The molecular formula is C16H14ClN3OS2. The lowest BCUT2D eigenvalue weighted by Crippen LogP contribution is -2.26. The summed E-state index contributed by atoms with van der Waals surface area (Å²) in [5, 5.41) is 5.90. The van der Waals surface area contributed by atoms with Crippen LogP contribution in [0.5, 0.6) is 0 Å². The summed E-state index contributed by atoms with van der Waals surface area (Å²) in [5.41, 5.74) is 2.48. The molecule has 23 heavy (non-hydrogen) atoms. The van der Waals surface area contributed by atoms with Crippen LogP contribution in [0.25, 0.3) is 11.3 Å². The Hall–Kier alpha value is -1.76. The molecule has 0 radical (unpaired) electrons. The van der Waals surface area contributed by atoms with Gasteiger partial charge in [0.15, 0.2) is 4.47 Å². The second kappa shape index (κ2) is 7.21. The molecule has 3 aromatic rings. The van der Waals surface area contributed by atoms with Crippen molar-refractivity contribution in [3.05, 3.63) is 55.8 Å². The van der Waals surface area contributed by atoms with E-state index in [1.807, 2.05) is 42.6 Å². The van der Waals surface area contributed by atoms with E-state index in [1.54, 1.807) is 11.3 Å². The number of carbonyl (C=O) groups excluding carboxylic acids is 1. The van der Waals surface area contributed by atoms with Crippen LogP contribution in [0.15, 0.2) is 35.7 Å². The summed E-state index contributed by atoms with van der Waals surface area (Å²) in [6.07, 6.45) is 0.695. The fourth-order valence-corrected chi connectivity index (χ4v) is 3.97. The van der Waals surface area contributed by atoms with Crippen molar-refractivity contribution in [3.8, 4) is 11.3 Å². The molecule has 1 aromatic carbocycles. The highest BCUT2D eigenvalue weighted by molar-refractivity contribution is 7.15. The molecule has 1 amide bonds. The molecule has 0 aliphatic heterocycles. The third kappa shape index (κ3) is 3.96. The minimum atomic E-state index is -0.189. The van der Waals surface area contributed by atoms with Crippen LogP contribution in [0.3, 0.4) is 0 Å². The number of nitrogens with one attached hydrogen (secondary N) is 1. The summed E-state index contributed by atoms with van der Waals surface area (Å²) >= 11 is 8.73. The molecule has 0 unspecified atom stereocenters. The Balaban J connectivity index is 1.56. The largest absolute Gasteiger partial charge is 0.350 e. The van der Waals surface area contributed by atoms with Crippen LogP contribution in [-0.2, 0) is 6.42 Å². The smallest absolute Gasteiger partial charge is 0.271 e. The van der Waals surface area contributed by atoms with E-state index >= 15 is 0 Å². The normalized spacial score (nSPS) is 10.7. The van der Waals surface area contributed by atoms with Gasteiger partial charge in [-0.15, -0.1) is 22.7 Å². The molecule has 7 heteroatoms. The molecule has 0 saturated heterocycles. The SMILES string of the molecule is Cc1sc(Cl)nc1C(=O)NCCc1nc(-c2ccccc2)cs1. The highest BCUT2D eigenvalue weighted by Gasteiger charge is 2.14. The lowest BCUT2D eigenvalue weighted by molar-refractivity contribution is 0.0949. The molecule has 0 spiro atoms. The number of benzene rings is 1. The number of rotatable bonds is 5. The van der Waals surface area contributed by atoms with E-state index in [4.69, 9.17) is 11.6 Å². The molecule has 2 heterocycles. The topological polar surface area (TPSA) is 54.9 Å². The minimum Gasteiger partial charge on any atom is -0.350 e. The number of hydrogen-bond acceptors (Lipinski definition) is 5. The Morgan fingerprint density at radius 2 is 2.04 bits per heavy atom. The van der Waals surface area contributed by atoms with Crippen molar-refractivity contribution in [2.75, 3.05) is 6.54 Å². The predicted molar refractivity (Wildman–Crippen MR) is 95.4 cm³/mol. The fraction of sp³-hybridized carbons (Fsp3) is 0.188. The average Bonchev–Trinajstić information content (AvgIpc) is 3.14. The predicted octanol–water partition coefficient (Wildman–Crippen LogP) is 4.20. The molecule has 2 aromatic heterocycles. The van der Waals surface area contributed by atoms with Crippen LogP contribution in [0, 0.1) is 6.92 Å². The lowest BCUT2D eigenvalue weighted by atomic mass is 10.2. The van der Waals surface area contributed by atoms with E-state index < -0.39 is 0 Å². The highest BCUT2D eigenvalue weighted by atomic mass is 35.5. The maximum Gasteiger partial charge on any atom is 0.271 e. The Morgan fingerprint density at radius 3 is 2.74 bits per heavy atom. The number of carbonyl (C=O) groups is 1. The molecule has 0 bridgehead atoms. The molecule has 0 saturated carbocycles. The Morgan fingerprint density at radius 1 is 1.26 bits per heavy atom. The Bertz CT molecular complexity index is 814. The van der Waals surface area contributed by atoms with Crippen LogP contribution >= 0.6 is 34.3 Å². The standard InChI is InChI=1S/C16H14ClN3OS2/c1-10-14(20-16(17)23-10)15(21)18-8-7-13-19-12(9-22-13)11-5-3-2-4-6-11/h2-6,9H,7-8H2,1H3,(H,18,21). The van der Waals surface area contributed by atoms with Gasteiger partial charge >= 0.3 is 0 Å². The zero-order valence-corrected chi connectivity index (χ0v) is 14.8. The second-order valence-corrected chi connectivity index (χ2v) is 7.60. The summed E-state index contributed by atoms with van der Waals surface area (Å²) in [5.74, 6) is -0.189. The maximum absolute atomic E-state index is 12.1. The molecule has 0 aliphatic carbocycles. The number of thiazole rings is 2. The summed E-state index contributed by atoms with van der Waals surface area (Å²) in [7, 11) is 0. The molecule has 1 N–H and O–H groups in total. The van der Waals surface area contributed by atoms with Gasteiger partial charge in [0.25, 0.3) is 5.91 Å². The van der Waals surface area contributed by atoms with Gasteiger partial charge in [-0.1, -0.05) is 41.9 Å². The minimum absolute atomic E-state index is 0.189. The van der Waals surface area contributed by atoms with Gasteiger partial charge < -0.3 is 5.32 Å². The van der Waals surface area contributed by atoms with E-state index in [0.29, 0.717) is 23.1 Å². The summed E-state index contributed by atoms with van der Waals surface area (Å²) in [4.78, 5) is 21.5. The number of aromatic nitrogens is 2. The van der Waals surface area contributed by atoms with Crippen molar-refractivity contribution >= 4 is 40.2 Å². The maximum atomic E-state index is 12.1. The first-order valence-corrected chi connectivity index (χ1v) is 9.12. The first kappa shape index (κ1) is 16.1. The molecule has 3 rings (SSSR count). The van der Waals surface area contributed by atoms with Crippen molar-refractivity contribution in [3.63, 3.8) is 0 Å². The molecule has 0 fully saturated rings. The third-order valence-corrected chi connectivity index (χ3v) is 5.22. The van der Waals surface area contributed by atoms with Gasteiger partial charge in [0, 0.05) is 28.8 Å². The summed E-state index contributed by atoms with van der Waals surface area (Å²) in [6, 6.07) is 10.1. The first-order valence-electron chi connectivity index (χ1n) is 7.04. The Kier molecular flexibility index (Phi) is 5.05. The van der Waals surface area contributed by atoms with Crippen molar-refractivity contribution in [2.24, 2.45) is 0 Å². The van der Waals surface area contributed by atoms with Gasteiger partial charge in [0.05, 0.1) is 10.7 Å². The monoisotopic (exact) mass is 363 g/mol. The summed E-state index contributed by atoms with van der Waals surface area (Å²) in [6.45, 7) is 2.36. The molecule has 0 atom stereocenters. The molecule has 118 valence electrons. The Labute approximate surface area is 147 Å². The van der Waals surface area contributed by atoms with Gasteiger partial charge in [-0.3, -0.25) is 4.79 Å². The summed E-state index contributed by atoms with van der Waals surface area (Å²) < 4.78 is 0.389. The van der Waals surface area contributed by atoms with E-state index in [9.17, 15) is 4.79 Å². The van der Waals surface area contributed by atoms with Gasteiger partial charge in [0.1, 0.15) is 5.69 Å². The van der Waals surface area contributed by atoms with Crippen molar-refractivity contribution in [1.82, 2.24) is 15.3 Å². The van der Waals surface area contributed by atoms with Gasteiger partial charge in [-0.2, -0.15) is 0 Å². The first-order chi connectivity index (χ1) is 11.1. The van der Waals surface area contributed by atoms with Crippen LogP contribution in [-0.4, -0.2) is 22.4 Å². The van der Waals surface area contributed by atoms with E-state index in [-0.39, 0.29) is 5.91 Å². The molecule has 4 nitrogen and oxygen atoms in total. The number of nitrogens with zero attached hydrogens (tertiary/aromatic N) is 2. The van der Waals surface area contributed by atoms with Crippen molar-refractivity contribution in [1.29, 1.82) is 0 Å². The number of amides is 1. The quantitative estimate of drug-likeness (QED) is 0.739. The molecule has 0 aliphatic rings. The average molecular weight is 364 g/mol. The van der Waals surface area contributed by atoms with Crippen molar-refractivity contribution < 1.29 is 4.79 Å². The van der Waals surface area contributed by atoms with Gasteiger partial charge in [0.2, 0.25) is 0 Å². The number of halogens is 1. The van der Waals surface area contributed by atoms with Gasteiger partial charge in [-0.25, -0.2) is 9.97 Å². The van der Waals surface area contributed by atoms with Crippen LogP contribution in [0.4, 0.5) is 0 Å². The van der Waals surface area contributed by atoms with E-state index in [2.05, 4.69) is 15.3 Å². The molecular weight excluding hydrogens is 350 g/mol. The zero-order chi connectivity index (χ0) is 16.2. The number of hydrogen-bond donors (Lipinski definition) is 1. The van der Waals surface area contributed by atoms with Crippen LogP contribution in [0.2, 0.25) is 4.47 Å². The third-order valence-electron chi connectivity index (χ3n) is 3.23. The van der Waals surface area contributed by atoms with Gasteiger partial charge in [-0.05, 0) is 6.92 Å². The second-order valence-electron chi connectivity index (χ2n) is 4.87. The van der Waals surface area contributed by atoms with Crippen LogP contribution in [0.1, 0.15) is 20.4 Å².